The number of nitrogens with one attached hydrogen (secondary N) is 1. The average Bonchev–Trinajstić information content (AvgIpc) is 3.15. The topological polar surface area (TPSA) is 95.9 Å². The van der Waals surface area contributed by atoms with Crippen molar-refractivity contribution in [3.05, 3.63) is 83.4 Å². The van der Waals surface area contributed by atoms with Gasteiger partial charge in [0.25, 0.3) is 5.91 Å². The third-order valence-corrected chi connectivity index (χ3v) is 12.6. The van der Waals surface area contributed by atoms with E-state index in [4.69, 9.17) is 16.3 Å². The summed E-state index contributed by atoms with van der Waals surface area (Å²) in [6, 6.07) is 11.3. The summed E-state index contributed by atoms with van der Waals surface area (Å²) in [5, 5.41) is 10.9. The number of hydrogen-bond acceptors (Lipinski definition) is 6. The molecule has 2 aromatic rings. The molecule has 9 heteroatoms. The summed E-state index contributed by atoms with van der Waals surface area (Å²) in [6.07, 6.45) is 8.82. The van der Waals surface area contributed by atoms with Gasteiger partial charge in [-0.15, -0.1) is 13.2 Å². The van der Waals surface area contributed by atoms with Crippen molar-refractivity contribution in [2.75, 3.05) is 24.6 Å². The number of aliphatic hydroxyl groups is 1. The molecule has 1 heterocycles. The highest BCUT2D eigenvalue weighted by atomic mass is 35.5. The van der Waals surface area contributed by atoms with Gasteiger partial charge in [0.2, 0.25) is 10.0 Å². The van der Waals surface area contributed by atoms with Crippen LogP contribution in [0.4, 0.5) is 5.69 Å². The molecule has 44 heavy (non-hydrogen) atoms. The molecule has 0 saturated heterocycles. The van der Waals surface area contributed by atoms with E-state index in [1.54, 1.807) is 37.3 Å². The van der Waals surface area contributed by atoms with E-state index in [0.29, 0.717) is 44.7 Å². The maximum absolute atomic E-state index is 13.4. The Labute approximate surface area is 267 Å². The molecule has 5 rings (SSSR count). The van der Waals surface area contributed by atoms with E-state index in [9.17, 15) is 18.3 Å². The van der Waals surface area contributed by atoms with Gasteiger partial charge in [-0.1, -0.05) is 43.7 Å². The lowest BCUT2D eigenvalue weighted by Crippen LogP contribution is -2.53. The molecule has 7 nitrogen and oxygen atoms in total. The molecule has 1 saturated carbocycles. The van der Waals surface area contributed by atoms with Crippen LogP contribution >= 0.6 is 11.6 Å². The molecule has 1 amide bonds. The number of benzene rings is 2. The maximum Gasteiger partial charge on any atom is 0.264 e. The van der Waals surface area contributed by atoms with Gasteiger partial charge in [0.05, 0.1) is 23.6 Å². The SMILES string of the molecule is C=CCC[C@@H](CC)S(=O)(=O)NC(=O)c1ccc2c(c1)N(C[C@H]1CC[C@]1(C)[C@H](O)C=C)C[C@@]1(CCCc3cc(Cl)ccc31)CO2. The minimum absolute atomic E-state index is 0.194. The zero-order valence-corrected chi connectivity index (χ0v) is 27.4. The van der Waals surface area contributed by atoms with Gasteiger partial charge in [0.15, 0.2) is 0 Å². The Bertz CT molecular complexity index is 1530. The number of halogens is 1. The molecule has 2 aromatic carbocycles. The lowest BCUT2D eigenvalue weighted by atomic mass is 9.58. The fourth-order valence-electron chi connectivity index (χ4n) is 7.44. The van der Waals surface area contributed by atoms with Crippen LogP contribution in [0, 0.1) is 11.3 Å². The number of ether oxygens (including phenoxy) is 1. The van der Waals surface area contributed by atoms with Gasteiger partial charge in [-0.3, -0.25) is 4.79 Å². The van der Waals surface area contributed by atoms with E-state index in [2.05, 4.69) is 41.8 Å². The summed E-state index contributed by atoms with van der Waals surface area (Å²) in [6.45, 7) is 13.2. The van der Waals surface area contributed by atoms with Crippen molar-refractivity contribution < 1.29 is 23.1 Å². The Morgan fingerprint density at radius 2 is 2.05 bits per heavy atom. The fourth-order valence-corrected chi connectivity index (χ4v) is 9.06. The maximum atomic E-state index is 13.4. The van der Waals surface area contributed by atoms with E-state index in [1.165, 1.54) is 11.1 Å². The Balaban J connectivity index is 1.51. The summed E-state index contributed by atoms with van der Waals surface area (Å²) in [4.78, 5) is 15.7. The van der Waals surface area contributed by atoms with Crippen molar-refractivity contribution in [2.24, 2.45) is 11.3 Å². The monoisotopic (exact) mass is 640 g/mol. The fraction of sp³-hybridized carbons (Fsp3) is 0.514. The van der Waals surface area contributed by atoms with E-state index in [1.807, 2.05) is 6.07 Å². The van der Waals surface area contributed by atoms with E-state index in [-0.39, 0.29) is 22.3 Å². The summed E-state index contributed by atoms with van der Waals surface area (Å²) >= 11 is 6.40. The Hall–Kier alpha value is -2.81. The first kappa shape index (κ1) is 32.6. The quantitative estimate of drug-likeness (QED) is 0.269. The standard InChI is InChI=1S/C35H45ClN2O5S/c1-5-8-11-28(6-2)44(41,42)37-33(40)25-12-15-31-30(20-25)38(21-26-16-18-34(26,4)32(39)7-3)22-35(23-43-31)17-9-10-24-19-27(36)13-14-29(24)35/h5,7,12-15,19-20,26,28,32,39H,1,3,6,8-11,16-18,21-23H2,2,4H3,(H,37,40)/t26-,28-,32-,34+,35+/m1/s1. The lowest BCUT2D eigenvalue weighted by molar-refractivity contribution is -0.0466. The number of aliphatic hydroxyl groups excluding tert-OH is 1. The molecule has 238 valence electrons. The number of fused-ring (bicyclic) bond motifs is 3. The van der Waals surface area contributed by atoms with Gasteiger partial charge >= 0.3 is 0 Å². The first-order chi connectivity index (χ1) is 21.0. The van der Waals surface area contributed by atoms with Gasteiger partial charge < -0.3 is 14.7 Å². The summed E-state index contributed by atoms with van der Waals surface area (Å²) in [7, 11) is -3.88. The molecule has 1 fully saturated rings. The highest BCUT2D eigenvalue weighted by Crippen LogP contribution is 2.52. The summed E-state index contributed by atoms with van der Waals surface area (Å²) in [5.41, 5.74) is 2.90. The van der Waals surface area contributed by atoms with E-state index < -0.39 is 27.3 Å². The van der Waals surface area contributed by atoms with Gasteiger partial charge in [-0.05, 0) is 98.7 Å². The molecular formula is C35H45ClN2O5S. The van der Waals surface area contributed by atoms with Gasteiger partial charge in [-0.25, -0.2) is 13.1 Å². The van der Waals surface area contributed by atoms with Crippen LogP contribution in [0.5, 0.6) is 5.75 Å². The molecule has 3 aliphatic rings. The van der Waals surface area contributed by atoms with Crippen molar-refractivity contribution >= 4 is 33.2 Å². The van der Waals surface area contributed by atoms with Crippen LogP contribution in [-0.4, -0.2) is 50.5 Å². The summed E-state index contributed by atoms with van der Waals surface area (Å²) in [5.74, 6) is 0.196. The van der Waals surface area contributed by atoms with Crippen LogP contribution in [0.15, 0.2) is 61.7 Å². The van der Waals surface area contributed by atoms with Crippen molar-refractivity contribution in [1.29, 1.82) is 0 Å². The van der Waals surface area contributed by atoms with E-state index >= 15 is 0 Å². The van der Waals surface area contributed by atoms with Crippen LogP contribution in [-0.2, 0) is 21.9 Å². The van der Waals surface area contributed by atoms with Crippen molar-refractivity contribution in [1.82, 2.24) is 4.72 Å². The number of nitrogens with zero attached hydrogens (tertiary/aromatic N) is 1. The third kappa shape index (κ3) is 6.18. The number of sulfonamides is 1. The van der Waals surface area contributed by atoms with Crippen molar-refractivity contribution in [3.8, 4) is 5.75 Å². The lowest BCUT2D eigenvalue weighted by Gasteiger charge is -2.52. The molecule has 2 N–H and O–H groups in total. The number of carbonyl (C=O) groups is 1. The average molecular weight is 641 g/mol. The summed E-state index contributed by atoms with van der Waals surface area (Å²) < 4.78 is 35.1. The minimum atomic E-state index is -3.88. The number of carbonyl (C=O) groups excluding carboxylic acids is 1. The van der Waals surface area contributed by atoms with Crippen molar-refractivity contribution in [2.45, 2.75) is 82.0 Å². The van der Waals surface area contributed by atoms with Gasteiger partial charge in [0.1, 0.15) is 5.75 Å². The predicted octanol–water partition coefficient (Wildman–Crippen LogP) is 6.58. The van der Waals surface area contributed by atoms with Crippen LogP contribution in [0.3, 0.4) is 0 Å². The zero-order chi connectivity index (χ0) is 31.7. The third-order valence-electron chi connectivity index (χ3n) is 10.4. The number of rotatable bonds is 11. The molecular weight excluding hydrogens is 596 g/mol. The number of amides is 1. The molecule has 1 aliphatic heterocycles. The largest absolute Gasteiger partial charge is 0.490 e. The Morgan fingerprint density at radius 3 is 2.73 bits per heavy atom. The van der Waals surface area contributed by atoms with Crippen molar-refractivity contribution in [3.63, 3.8) is 0 Å². The molecule has 0 bridgehead atoms. The second-order valence-electron chi connectivity index (χ2n) is 13.1. The number of allylic oxidation sites excluding steroid dienone is 1. The smallest absolute Gasteiger partial charge is 0.264 e. The minimum Gasteiger partial charge on any atom is -0.490 e. The van der Waals surface area contributed by atoms with Crippen LogP contribution in [0.25, 0.3) is 0 Å². The molecule has 0 unspecified atom stereocenters. The number of hydrogen-bond donors (Lipinski definition) is 2. The Morgan fingerprint density at radius 1 is 1.25 bits per heavy atom. The second-order valence-corrected chi connectivity index (χ2v) is 15.5. The van der Waals surface area contributed by atoms with Crippen LogP contribution in [0.1, 0.15) is 80.3 Å². The molecule has 0 aromatic heterocycles. The number of aryl methyl sites for hydroxylation is 1. The van der Waals surface area contributed by atoms with Gasteiger partial charge in [-0.2, -0.15) is 0 Å². The molecule has 5 atom stereocenters. The predicted molar refractivity (Wildman–Crippen MR) is 177 cm³/mol. The normalized spacial score (nSPS) is 25.8. The highest BCUT2D eigenvalue weighted by Gasteiger charge is 2.49. The first-order valence-corrected chi connectivity index (χ1v) is 17.7. The van der Waals surface area contributed by atoms with Crippen LogP contribution < -0.4 is 14.4 Å². The van der Waals surface area contributed by atoms with Crippen LogP contribution in [0.2, 0.25) is 5.02 Å². The van der Waals surface area contributed by atoms with E-state index in [0.717, 1.165) is 42.8 Å². The molecule has 2 aliphatic carbocycles. The second kappa shape index (κ2) is 12.9. The zero-order valence-electron chi connectivity index (χ0n) is 25.9. The Kier molecular flexibility index (Phi) is 9.55. The molecule has 0 radical (unpaired) electrons. The first-order valence-electron chi connectivity index (χ1n) is 15.7. The van der Waals surface area contributed by atoms with Gasteiger partial charge in [0, 0.05) is 34.5 Å². The number of anilines is 1. The molecule has 1 spiro atoms. The highest BCUT2D eigenvalue weighted by molar-refractivity contribution is 7.90.